The normalized spacial score (nSPS) is 23.4. The molecular weight excluding hydrogens is 376 g/mol. The van der Waals surface area contributed by atoms with Crippen LogP contribution in [0.25, 0.3) is 0 Å². The fraction of sp³-hybridized carbons (Fsp3) is 0.550. The maximum atomic E-state index is 9.80. The van der Waals surface area contributed by atoms with Gasteiger partial charge in [-0.05, 0) is 69.7 Å². The van der Waals surface area contributed by atoms with Crippen molar-refractivity contribution in [3.8, 4) is 0 Å². The molecule has 1 aliphatic carbocycles. The van der Waals surface area contributed by atoms with Gasteiger partial charge in [-0.15, -0.1) is 0 Å². The van der Waals surface area contributed by atoms with Crippen molar-refractivity contribution >= 4 is 29.1 Å². The highest BCUT2D eigenvalue weighted by atomic mass is 35.5. The molecule has 150 valence electrons. The molecule has 1 saturated heterocycles. The molecule has 4 N–H and O–H groups in total. The van der Waals surface area contributed by atoms with Gasteiger partial charge in [-0.25, -0.2) is 9.97 Å². The Morgan fingerprint density at radius 3 is 2.61 bits per heavy atom. The van der Waals surface area contributed by atoms with Crippen LogP contribution in [0.15, 0.2) is 24.5 Å². The molecule has 2 fully saturated rings. The minimum absolute atomic E-state index is 0.166. The van der Waals surface area contributed by atoms with Gasteiger partial charge in [0.1, 0.15) is 11.0 Å². The van der Waals surface area contributed by atoms with Crippen molar-refractivity contribution in [2.24, 2.45) is 0 Å². The first kappa shape index (κ1) is 19.4. The lowest BCUT2D eigenvalue weighted by atomic mass is 9.90. The zero-order valence-corrected chi connectivity index (χ0v) is 16.6. The molecular formula is C20H27ClN6O. The van der Waals surface area contributed by atoms with Gasteiger partial charge in [0.25, 0.3) is 0 Å². The summed E-state index contributed by atoms with van der Waals surface area (Å²) in [5.41, 5.74) is 1.99. The van der Waals surface area contributed by atoms with E-state index in [2.05, 4.69) is 25.9 Å². The number of pyridine rings is 1. The second-order valence-electron chi connectivity index (χ2n) is 7.66. The summed E-state index contributed by atoms with van der Waals surface area (Å²) in [5.74, 6) is 1.91. The number of aliphatic hydroxyl groups excluding tert-OH is 1. The largest absolute Gasteiger partial charge is 0.393 e. The van der Waals surface area contributed by atoms with E-state index in [-0.39, 0.29) is 6.10 Å². The van der Waals surface area contributed by atoms with Gasteiger partial charge in [0.05, 0.1) is 6.10 Å². The molecule has 0 atom stereocenters. The van der Waals surface area contributed by atoms with Gasteiger partial charge < -0.3 is 21.1 Å². The third kappa shape index (κ3) is 4.90. The number of rotatable bonds is 5. The number of hydrogen-bond acceptors (Lipinski definition) is 7. The van der Waals surface area contributed by atoms with Crippen LogP contribution in [0.1, 0.15) is 50.0 Å². The molecule has 2 aliphatic rings. The van der Waals surface area contributed by atoms with E-state index in [4.69, 9.17) is 16.6 Å². The topological polar surface area (TPSA) is 95.0 Å². The van der Waals surface area contributed by atoms with Crippen LogP contribution in [0.2, 0.25) is 5.15 Å². The summed E-state index contributed by atoms with van der Waals surface area (Å²) in [5, 5.41) is 20.5. The number of nitrogens with one attached hydrogen (secondary N) is 3. The van der Waals surface area contributed by atoms with Gasteiger partial charge >= 0.3 is 0 Å². The Hall–Kier alpha value is -1.96. The molecule has 0 bridgehead atoms. The molecule has 0 unspecified atom stereocenters. The van der Waals surface area contributed by atoms with E-state index < -0.39 is 0 Å². The number of anilines is 3. The molecule has 2 aromatic rings. The molecule has 7 nitrogen and oxygen atoms in total. The molecule has 1 aliphatic heterocycles. The van der Waals surface area contributed by atoms with Crippen LogP contribution in [0.4, 0.5) is 17.5 Å². The lowest BCUT2D eigenvalue weighted by Gasteiger charge is -2.29. The Labute approximate surface area is 170 Å². The quantitative estimate of drug-likeness (QED) is 0.569. The number of halogens is 1. The predicted octanol–water partition coefficient (Wildman–Crippen LogP) is 3.45. The summed E-state index contributed by atoms with van der Waals surface area (Å²) in [6.45, 7) is 2.05. The van der Waals surface area contributed by atoms with E-state index in [0.29, 0.717) is 23.1 Å². The van der Waals surface area contributed by atoms with E-state index in [0.717, 1.165) is 63.1 Å². The van der Waals surface area contributed by atoms with Gasteiger partial charge in [0, 0.05) is 29.7 Å². The van der Waals surface area contributed by atoms with Crippen LogP contribution in [0.5, 0.6) is 0 Å². The fourth-order valence-corrected chi connectivity index (χ4v) is 4.20. The summed E-state index contributed by atoms with van der Waals surface area (Å²) in [6, 6.07) is 3.93. The SMILES string of the molecule is OC1CCC(Nc2nc(Nc3ccnc(Cl)c3)ncc2C2CCNCC2)CC1. The second-order valence-corrected chi connectivity index (χ2v) is 8.05. The van der Waals surface area contributed by atoms with Crippen LogP contribution >= 0.6 is 11.6 Å². The Morgan fingerprint density at radius 1 is 1.07 bits per heavy atom. The molecule has 3 heterocycles. The Morgan fingerprint density at radius 2 is 1.86 bits per heavy atom. The average molecular weight is 403 g/mol. The Kier molecular flexibility index (Phi) is 6.24. The van der Waals surface area contributed by atoms with E-state index in [1.807, 2.05) is 12.3 Å². The van der Waals surface area contributed by atoms with Crippen molar-refractivity contribution < 1.29 is 5.11 Å². The number of hydrogen-bond donors (Lipinski definition) is 4. The Bertz CT molecular complexity index is 790. The zero-order chi connectivity index (χ0) is 19.3. The van der Waals surface area contributed by atoms with E-state index in [1.54, 1.807) is 12.3 Å². The smallest absolute Gasteiger partial charge is 0.229 e. The molecule has 0 amide bonds. The van der Waals surface area contributed by atoms with Gasteiger partial charge in [-0.3, -0.25) is 0 Å². The number of aromatic nitrogens is 3. The highest BCUT2D eigenvalue weighted by molar-refractivity contribution is 6.29. The van der Waals surface area contributed by atoms with E-state index >= 15 is 0 Å². The standard InChI is InChI=1S/C20H27ClN6O/c21-18-11-15(7-10-23-18)26-20-24-12-17(13-5-8-22-9-6-13)19(27-20)25-14-1-3-16(28)4-2-14/h7,10-14,16,22,28H,1-6,8-9H2,(H2,23,24,25,26,27). The second kappa shape index (κ2) is 9.03. The molecule has 1 saturated carbocycles. The van der Waals surface area contributed by atoms with E-state index in [1.165, 1.54) is 5.56 Å². The minimum atomic E-state index is -0.166. The molecule has 28 heavy (non-hydrogen) atoms. The van der Waals surface area contributed by atoms with Crippen molar-refractivity contribution in [2.75, 3.05) is 23.7 Å². The first-order chi connectivity index (χ1) is 13.7. The maximum Gasteiger partial charge on any atom is 0.229 e. The fourth-order valence-electron chi connectivity index (χ4n) is 4.02. The van der Waals surface area contributed by atoms with Gasteiger partial charge in [-0.1, -0.05) is 11.6 Å². The molecule has 0 aromatic carbocycles. The van der Waals surface area contributed by atoms with Crippen molar-refractivity contribution in [1.29, 1.82) is 0 Å². The van der Waals surface area contributed by atoms with Crippen LogP contribution in [0, 0.1) is 0 Å². The Balaban J connectivity index is 1.56. The summed E-state index contributed by atoms with van der Waals surface area (Å²) >= 11 is 5.98. The highest BCUT2D eigenvalue weighted by Crippen LogP contribution is 2.32. The van der Waals surface area contributed by atoms with E-state index in [9.17, 15) is 5.11 Å². The number of nitrogens with zero attached hydrogens (tertiary/aromatic N) is 3. The first-order valence-corrected chi connectivity index (χ1v) is 10.5. The number of piperidine rings is 1. The highest BCUT2D eigenvalue weighted by Gasteiger charge is 2.24. The maximum absolute atomic E-state index is 9.80. The zero-order valence-electron chi connectivity index (χ0n) is 15.9. The third-order valence-electron chi connectivity index (χ3n) is 5.62. The van der Waals surface area contributed by atoms with Crippen LogP contribution in [0.3, 0.4) is 0 Å². The lowest BCUT2D eigenvalue weighted by molar-refractivity contribution is 0.126. The van der Waals surface area contributed by atoms with Crippen LogP contribution in [-0.4, -0.2) is 45.3 Å². The predicted molar refractivity (Wildman–Crippen MR) is 111 cm³/mol. The number of aliphatic hydroxyl groups is 1. The molecule has 2 aromatic heterocycles. The lowest BCUT2D eigenvalue weighted by Crippen LogP contribution is -2.30. The summed E-state index contributed by atoms with van der Waals surface area (Å²) in [6.07, 6.45) is 9.22. The molecule has 0 radical (unpaired) electrons. The van der Waals surface area contributed by atoms with Crippen molar-refractivity contribution in [2.45, 2.75) is 56.6 Å². The molecule has 8 heteroatoms. The van der Waals surface area contributed by atoms with Crippen molar-refractivity contribution in [3.63, 3.8) is 0 Å². The molecule has 0 spiro atoms. The summed E-state index contributed by atoms with van der Waals surface area (Å²) < 4.78 is 0. The van der Waals surface area contributed by atoms with Crippen LogP contribution in [-0.2, 0) is 0 Å². The van der Waals surface area contributed by atoms with Gasteiger partial charge in [0.15, 0.2) is 0 Å². The van der Waals surface area contributed by atoms with Crippen molar-refractivity contribution in [1.82, 2.24) is 20.3 Å². The first-order valence-electron chi connectivity index (χ1n) is 10.1. The average Bonchev–Trinajstić information content (AvgIpc) is 2.71. The minimum Gasteiger partial charge on any atom is -0.393 e. The third-order valence-corrected chi connectivity index (χ3v) is 5.82. The monoisotopic (exact) mass is 402 g/mol. The van der Waals surface area contributed by atoms with Gasteiger partial charge in [0.2, 0.25) is 5.95 Å². The van der Waals surface area contributed by atoms with Gasteiger partial charge in [-0.2, -0.15) is 4.98 Å². The van der Waals surface area contributed by atoms with Crippen LogP contribution < -0.4 is 16.0 Å². The molecule has 4 rings (SSSR count). The van der Waals surface area contributed by atoms with Crippen molar-refractivity contribution in [3.05, 3.63) is 35.2 Å². The summed E-state index contributed by atoms with van der Waals surface area (Å²) in [4.78, 5) is 13.4. The summed E-state index contributed by atoms with van der Waals surface area (Å²) in [7, 11) is 0.